The van der Waals surface area contributed by atoms with Crippen LogP contribution in [0.2, 0.25) is 0 Å². The number of anilines is 2. The molecule has 0 saturated heterocycles. The minimum Gasteiger partial charge on any atom is -0.478 e. The molecule has 0 aliphatic carbocycles. The van der Waals surface area contributed by atoms with E-state index in [2.05, 4.69) is 0 Å². The van der Waals surface area contributed by atoms with Gasteiger partial charge >= 0.3 is 5.97 Å². The van der Waals surface area contributed by atoms with E-state index in [9.17, 15) is 9.59 Å². The molecule has 0 radical (unpaired) electrons. The average Bonchev–Trinajstić information content (AvgIpc) is 2.63. The van der Waals surface area contributed by atoms with Gasteiger partial charge in [0.05, 0.1) is 5.56 Å². The molecule has 0 aliphatic rings. The zero-order valence-electron chi connectivity index (χ0n) is 13.7. The van der Waals surface area contributed by atoms with Gasteiger partial charge in [0.1, 0.15) is 0 Å². The van der Waals surface area contributed by atoms with E-state index in [4.69, 9.17) is 5.11 Å². The largest absolute Gasteiger partial charge is 0.478 e. The SMILES string of the molecule is CC(=O)N(c1ccc(-c2ccccc2)cc1)c1cccc(C(=O)O)c1. The molecule has 4 heteroatoms. The van der Waals surface area contributed by atoms with Crippen LogP contribution >= 0.6 is 0 Å². The Morgan fingerprint density at radius 3 is 2.00 bits per heavy atom. The summed E-state index contributed by atoms with van der Waals surface area (Å²) in [6, 6.07) is 23.9. The summed E-state index contributed by atoms with van der Waals surface area (Å²) in [5.41, 5.74) is 3.50. The molecule has 25 heavy (non-hydrogen) atoms. The minimum absolute atomic E-state index is 0.143. The summed E-state index contributed by atoms with van der Waals surface area (Å²) in [6.07, 6.45) is 0. The number of benzene rings is 3. The van der Waals surface area contributed by atoms with Gasteiger partial charge in [0.15, 0.2) is 0 Å². The standard InChI is InChI=1S/C21H17NO3/c1-15(23)22(20-9-5-8-18(14-20)21(24)25)19-12-10-17(11-13-19)16-6-3-2-4-7-16/h2-14H,1H3,(H,24,25). The van der Waals surface area contributed by atoms with Crippen molar-refractivity contribution in [2.24, 2.45) is 0 Å². The number of aromatic carboxylic acids is 1. The van der Waals surface area contributed by atoms with E-state index in [-0.39, 0.29) is 11.5 Å². The number of hydrogen-bond acceptors (Lipinski definition) is 2. The summed E-state index contributed by atoms with van der Waals surface area (Å²) in [4.78, 5) is 24.8. The van der Waals surface area contributed by atoms with E-state index >= 15 is 0 Å². The maximum atomic E-state index is 12.2. The Kier molecular flexibility index (Phi) is 4.61. The molecule has 0 saturated carbocycles. The Hall–Kier alpha value is -3.40. The molecule has 124 valence electrons. The van der Waals surface area contributed by atoms with Gasteiger partial charge in [-0.3, -0.25) is 9.69 Å². The Morgan fingerprint density at radius 2 is 1.40 bits per heavy atom. The molecule has 0 aliphatic heterocycles. The maximum Gasteiger partial charge on any atom is 0.335 e. The van der Waals surface area contributed by atoms with E-state index in [0.717, 1.165) is 11.1 Å². The van der Waals surface area contributed by atoms with Crippen molar-refractivity contribution in [1.29, 1.82) is 0 Å². The summed E-state index contributed by atoms with van der Waals surface area (Å²) in [5.74, 6) is -1.21. The van der Waals surface area contributed by atoms with E-state index < -0.39 is 5.97 Å². The molecule has 0 atom stereocenters. The number of carboxylic acid groups (broad SMARTS) is 1. The van der Waals surface area contributed by atoms with E-state index in [0.29, 0.717) is 11.4 Å². The second-order valence-electron chi connectivity index (χ2n) is 5.62. The Bertz CT molecular complexity index is 902. The molecule has 0 unspecified atom stereocenters. The second-order valence-corrected chi connectivity index (χ2v) is 5.62. The number of amides is 1. The first-order chi connectivity index (χ1) is 12.1. The number of carbonyl (C=O) groups is 2. The van der Waals surface area contributed by atoms with Crippen molar-refractivity contribution in [2.45, 2.75) is 6.92 Å². The second kappa shape index (κ2) is 7.01. The van der Waals surface area contributed by atoms with Crippen LogP contribution in [-0.2, 0) is 4.79 Å². The summed E-state index contributed by atoms with van der Waals surface area (Å²) in [5, 5.41) is 9.16. The molecule has 0 aromatic heterocycles. The molecule has 3 aromatic rings. The highest BCUT2D eigenvalue weighted by atomic mass is 16.4. The zero-order chi connectivity index (χ0) is 17.8. The molecule has 1 N–H and O–H groups in total. The normalized spacial score (nSPS) is 10.3. The van der Waals surface area contributed by atoms with Gasteiger partial charge in [0, 0.05) is 18.3 Å². The third-order valence-corrected chi connectivity index (χ3v) is 3.90. The quantitative estimate of drug-likeness (QED) is 0.751. The number of nitrogens with zero attached hydrogens (tertiary/aromatic N) is 1. The van der Waals surface area contributed by atoms with Crippen LogP contribution in [0.3, 0.4) is 0 Å². The van der Waals surface area contributed by atoms with Gasteiger partial charge < -0.3 is 5.11 Å². The minimum atomic E-state index is -1.02. The van der Waals surface area contributed by atoms with Crippen LogP contribution in [0.25, 0.3) is 11.1 Å². The molecule has 0 bridgehead atoms. The fraction of sp³-hybridized carbons (Fsp3) is 0.0476. The molecular weight excluding hydrogens is 314 g/mol. The smallest absolute Gasteiger partial charge is 0.335 e. The highest BCUT2D eigenvalue weighted by Gasteiger charge is 2.16. The summed E-state index contributed by atoms with van der Waals surface area (Å²) >= 11 is 0. The van der Waals surface area contributed by atoms with E-state index in [1.54, 1.807) is 12.1 Å². The number of hydrogen-bond donors (Lipinski definition) is 1. The van der Waals surface area contributed by atoms with Crippen LogP contribution < -0.4 is 4.90 Å². The topological polar surface area (TPSA) is 57.6 Å². The molecule has 3 aromatic carbocycles. The van der Waals surface area contributed by atoms with Crippen molar-refractivity contribution in [3.8, 4) is 11.1 Å². The molecule has 4 nitrogen and oxygen atoms in total. The molecule has 1 amide bonds. The molecular formula is C21H17NO3. The first-order valence-electron chi connectivity index (χ1n) is 7.86. The van der Waals surface area contributed by atoms with Crippen molar-refractivity contribution in [2.75, 3.05) is 4.90 Å². The van der Waals surface area contributed by atoms with Crippen molar-refractivity contribution < 1.29 is 14.7 Å². The Balaban J connectivity index is 1.98. The summed E-state index contributed by atoms with van der Waals surface area (Å²) in [6.45, 7) is 1.46. The van der Waals surface area contributed by atoms with Crippen LogP contribution in [0.1, 0.15) is 17.3 Å². The lowest BCUT2D eigenvalue weighted by molar-refractivity contribution is -0.115. The number of rotatable bonds is 4. The molecule has 3 rings (SSSR count). The van der Waals surface area contributed by atoms with Crippen LogP contribution in [0.4, 0.5) is 11.4 Å². The van der Waals surface area contributed by atoms with Gasteiger partial charge in [0.25, 0.3) is 0 Å². The van der Waals surface area contributed by atoms with Crippen molar-refractivity contribution in [3.63, 3.8) is 0 Å². The Labute approximate surface area is 146 Å². The third-order valence-electron chi connectivity index (χ3n) is 3.90. The van der Waals surface area contributed by atoms with Gasteiger partial charge in [-0.05, 0) is 41.5 Å². The predicted octanol–water partition coefficient (Wildman–Crippen LogP) is 4.74. The van der Waals surface area contributed by atoms with Gasteiger partial charge in [-0.25, -0.2) is 4.79 Å². The fourth-order valence-corrected chi connectivity index (χ4v) is 2.72. The molecule has 0 fully saturated rings. The average molecular weight is 331 g/mol. The van der Waals surface area contributed by atoms with Crippen molar-refractivity contribution in [1.82, 2.24) is 0 Å². The monoisotopic (exact) mass is 331 g/mol. The van der Waals surface area contributed by atoms with Gasteiger partial charge in [-0.2, -0.15) is 0 Å². The highest BCUT2D eigenvalue weighted by Crippen LogP contribution is 2.29. The van der Waals surface area contributed by atoms with Crippen LogP contribution in [0.15, 0.2) is 78.9 Å². The lowest BCUT2D eigenvalue weighted by atomic mass is 10.1. The first-order valence-corrected chi connectivity index (χ1v) is 7.86. The zero-order valence-corrected chi connectivity index (χ0v) is 13.7. The van der Waals surface area contributed by atoms with Gasteiger partial charge in [0.2, 0.25) is 5.91 Å². The van der Waals surface area contributed by atoms with Gasteiger partial charge in [-0.15, -0.1) is 0 Å². The predicted molar refractivity (Wildman–Crippen MR) is 98.1 cm³/mol. The highest BCUT2D eigenvalue weighted by molar-refractivity contribution is 6.00. The lowest BCUT2D eigenvalue weighted by Crippen LogP contribution is -2.22. The number of carbonyl (C=O) groups excluding carboxylic acids is 1. The Morgan fingerprint density at radius 1 is 0.760 bits per heavy atom. The maximum absolute atomic E-state index is 12.2. The van der Waals surface area contributed by atoms with Crippen molar-refractivity contribution in [3.05, 3.63) is 84.4 Å². The van der Waals surface area contributed by atoms with Crippen LogP contribution in [0, 0.1) is 0 Å². The molecule has 0 heterocycles. The first kappa shape index (κ1) is 16.5. The summed E-state index contributed by atoms with van der Waals surface area (Å²) in [7, 11) is 0. The van der Waals surface area contributed by atoms with Crippen molar-refractivity contribution >= 4 is 23.3 Å². The van der Waals surface area contributed by atoms with Crippen LogP contribution in [0.5, 0.6) is 0 Å². The molecule has 0 spiro atoms. The third kappa shape index (κ3) is 3.58. The summed E-state index contributed by atoms with van der Waals surface area (Å²) < 4.78 is 0. The number of carboxylic acids is 1. The fourth-order valence-electron chi connectivity index (χ4n) is 2.72. The van der Waals surface area contributed by atoms with E-state index in [1.165, 1.54) is 24.0 Å². The van der Waals surface area contributed by atoms with Crippen LogP contribution in [-0.4, -0.2) is 17.0 Å². The lowest BCUT2D eigenvalue weighted by Gasteiger charge is -2.22. The van der Waals surface area contributed by atoms with Gasteiger partial charge in [-0.1, -0.05) is 48.5 Å². The van der Waals surface area contributed by atoms with E-state index in [1.807, 2.05) is 54.6 Å².